The summed E-state index contributed by atoms with van der Waals surface area (Å²) >= 11 is 1.47. The minimum atomic E-state index is -0.379. The van der Waals surface area contributed by atoms with E-state index in [9.17, 15) is 9.59 Å². The molecule has 1 rings (SSSR count). The molecular formula is C12H17NO3S. The van der Waals surface area contributed by atoms with Crippen molar-refractivity contribution in [3.05, 3.63) is 21.9 Å². The highest BCUT2D eigenvalue weighted by atomic mass is 32.1. The van der Waals surface area contributed by atoms with E-state index in [4.69, 9.17) is 4.74 Å². The van der Waals surface area contributed by atoms with Crippen molar-refractivity contribution >= 4 is 23.2 Å². The molecule has 4 nitrogen and oxygen atoms in total. The average molecular weight is 255 g/mol. The van der Waals surface area contributed by atoms with Gasteiger partial charge in [0.1, 0.15) is 6.54 Å². The number of nitrogens with zero attached hydrogens (tertiary/aromatic N) is 1. The minimum Gasteiger partial charge on any atom is -0.465 e. The monoisotopic (exact) mass is 255 g/mol. The third-order valence-electron chi connectivity index (χ3n) is 2.24. The van der Waals surface area contributed by atoms with Crippen molar-refractivity contribution in [2.45, 2.75) is 20.3 Å². The molecule has 0 unspecified atom stereocenters. The maximum atomic E-state index is 11.9. The summed E-state index contributed by atoms with van der Waals surface area (Å²) in [6, 6.07) is 3.74. The molecule has 0 saturated carbocycles. The largest absolute Gasteiger partial charge is 0.465 e. The van der Waals surface area contributed by atoms with E-state index >= 15 is 0 Å². The molecule has 1 amide bonds. The first kappa shape index (κ1) is 13.7. The van der Waals surface area contributed by atoms with Gasteiger partial charge in [0.05, 0.1) is 11.5 Å². The fraction of sp³-hybridized carbons (Fsp3) is 0.500. The number of carbonyl (C=O) groups excluding carboxylic acids is 2. The molecule has 0 aliphatic heterocycles. The summed E-state index contributed by atoms with van der Waals surface area (Å²) in [5, 5.41) is 0. The van der Waals surface area contributed by atoms with Crippen molar-refractivity contribution < 1.29 is 14.3 Å². The standard InChI is InChI=1S/C12H17NO3S/c1-4-9-6-7-10(17-9)12(15)13(3)8-11(14)16-5-2/h6-7H,4-5,8H2,1-3H3. The maximum Gasteiger partial charge on any atom is 0.325 e. The van der Waals surface area contributed by atoms with Crippen LogP contribution in [-0.2, 0) is 16.0 Å². The predicted octanol–water partition coefficient (Wildman–Crippen LogP) is 1.95. The zero-order valence-electron chi connectivity index (χ0n) is 10.4. The Kier molecular flexibility index (Phi) is 5.15. The van der Waals surface area contributed by atoms with Gasteiger partial charge in [-0.2, -0.15) is 0 Å². The average Bonchev–Trinajstić information content (AvgIpc) is 2.76. The van der Waals surface area contributed by atoms with Gasteiger partial charge in [-0.1, -0.05) is 6.92 Å². The molecule has 0 fully saturated rings. The van der Waals surface area contributed by atoms with Crippen LogP contribution in [0.25, 0.3) is 0 Å². The lowest BCUT2D eigenvalue weighted by Crippen LogP contribution is -2.32. The highest BCUT2D eigenvalue weighted by Crippen LogP contribution is 2.18. The molecule has 0 aliphatic carbocycles. The molecule has 1 aromatic rings. The van der Waals surface area contributed by atoms with E-state index in [1.165, 1.54) is 16.2 Å². The number of ether oxygens (including phenoxy) is 1. The van der Waals surface area contributed by atoms with Gasteiger partial charge in [-0.15, -0.1) is 11.3 Å². The first-order chi connectivity index (χ1) is 8.08. The fourth-order valence-corrected chi connectivity index (χ4v) is 2.29. The normalized spacial score (nSPS) is 10.1. The van der Waals surface area contributed by atoms with Crippen LogP contribution < -0.4 is 0 Å². The van der Waals surface area contributed by atoms with E-state index in [0.717, 1.165) is 11.3 Å². The Morgan fingerprint density at radius 3 is 2.59 bits per heavy atom. The van der Waals surface area contributed by atoms with Gasteiger partial charge >= 0.3 is 5.97 Å². The molecule has 0 spiro atoms. The van der Waals surface area contributed by atoms with Gasteiger partial charge in [-0.05, 0) is 25.5 Å². The molecule has 17 heavy (non-hydrogen) atoms. The number of likely N-dealkylation sites (N-methyl/N-ethyl adjacent to an activating group) is 1. The van der Waals surface area contributed by atoms with Gasteiger partial charge in [-0.25, -0.2) is 0 Å². The number of carbonyl (C=O) groups is 2. The number of hydrogen-bond donors (Lipinski definition) is 0. The second-order valence-electron chi connectivity index (χ2n) is 3.59. The van der Waals surface area contributed by atoms with Crippen LogP contribution in [0.5, 0.6) is 0 Å². The van der Waals surface area contributed by atoms with Gasteiger partial charge in [0.2, 0.25) is 0 Å². The number of rotatable bonds is 5. The highest BCUT2D eigenvalue weighted by Gasteiger charge is 2.16. The fourth-order valence-electron chi connectivity index (χ4n) is 1.34. The Morgan fingerprint density at radius 1 is 1.35 bits per heavy atom. The molecule has 0 radical (unpaired) electrons. The topological polar surface area (TPSA) is 46.6 Å². The first-order valence-electron chi connectivity index (χ1n) is 5.58. The number of esters is 1. The number of thiophene rings is 1. The van der Waals surface area contributed by atoms with Crippen molar-refractivity contribution in [1.29, 1.82) is 0 Å². The molecule has 0 N–H and O–H groups in total. The predicted molar refractivity (Wildman–Crippen MR) is 67.3 cm³/mol. The van der Waals surface area contributed by atoms with E-state index in [1.807, 2.05) is 13.0 Å². The molecule has 0 aliphatic rings. The first-order valence-corrected chi connectivity index (χ1v) is 6.39. The summed E-state index contributed by atoms with van der Waals surface area (Å²) in [6.07, 6.45) is 0.916. The molecule has 0 saturated heterocycles. The number of hydrogen-bond acceptors (Lipinski definition) is 4. The molecule has 1 aromatic heterocycles. The maximum absolute atomic E-state index is 11.9. The van der Waals surface area contributed by atoms with Crippen LogP contribution >= 0.6 is 11.3 Å². The molecule has 0 bridgehead atoms. The second-order valence-corrected chi connectivity index (χ2v) is 4.75. The highest BCUT2D eigenvalue weighted by molar-refractivity contribution is 7.14. The Labute approximate surface area is 105 Å². The van der Waals surface area contributed by atoms with Crippen LogP contribution in [0.4, 0.5) is 0 Å². The number of aryl methyl sites for hydroxylation is 1. The molecule has 0 atom stereocenters. The summed E-state index contributed by atoms with van der Waals surface area (Å²) in [5.41, 5.74) is 0. The Bertz CT molecular complexity index is 400. The van der Waals surface area contributed by atoms with Crippen LogP contribution in [0.15, 0.2) is 12.1 Å². The van der Waals surface area contributed by atoms with Crippen LogP contribution in [0.2, 0.25) is 0 Å². The lowest BCUT2D eigenvalue weighted by Gasteiger charge is -2.14. The van der Waals surface area contributed by atoms with Gasteiger partial charge in [-0.3, -0.25) is 9.59 Å². The van der Waals surface area contributed by atoms with E-state index in [-0.39, 0.29) is 18.4 Å². The molecular weight excluding hydrogens is 238 g/mol. The molecule has 94 valence electrons. The summed E-state index contributed by atoms with van der Waals surface area (Å²) in [5.74, 6) is -0.515. The lowest BCUT2D eigenvalue weighted by atomic mass is 10.3. The van der Waals surface area contributed by atoms with Crippen LogP contribution in [0.3, 0.4) is 0 Å². The van der Waals surface area contributed by atoms with Gasteiger partial charge in [0, 0.05) is 11.9 Å². The SMILES string of the molecule is CCOC(=O)CN(C)C(=O)c1ccc(CC)s1. The van der Waals surface area contributed by atoms with Crippen molar-refractivity contribution in [3.63, 3.8) is 0 Å². The van der Waals surface area contributed by atoms with Crippen molar-refractivity contribution in [2.24, 2.45) is 0 Å². The Balaban J connectivity index is 2.60. The van der Waals surface area contributed by atoms with Crippen LogP contribution in [0.1, 0.15) is 28.4 Å². The second kappa shape index (κ2) is 6.39. The summed E-state index contributed by atoms with van der Waals surface area (Å²) < 4.78 is 4.80. The van der Waals surface area contributed by atoms with Crippen molar-refractivity contribution in [1.82, 2.24) is 4.90 Å². The summed E-state index contributed by atoms with van der Waals surface area (Å²) in [7, 11) is 1.60. The van der Waals surface area contributed by atoms with Crippen molar-refractivity contribution in [3.8, 4) is 0 Å². The summed E-state index contributed by atoms with van der Waals surface area (Å²) in [4.78, 5) is 26.4. The smallest absolute Gasteiger partial charge is 0.325 e. The van der Waals surface area contributed by atoms with Gasteiger partial charge in [0.15, 0.2) is 0 Å². The lowest BCUT2D eigenvalue weighted by molar-refractivity contribution is -0.143. The third-order valence-corrected chi connectivity index (χ3v) is 3.46. The Hall–Kier alpha value is -1.36. The molecule has 0 aromatic carbocycles. The van der Waals surface area contributed by atoms with E-state index < -0.39 is 0 Å². The van der Waals surface area contributed by atoms with Gasteiger partial charge < -0.3 is 9.64 Å². The third kappa shape index (κ3) is 3.85. The molecule has 1 heterocycles. The zero-order chi connectivity index (χ0) is 12.8. The van der Waals surface area contributed by atoms with E-state index in [0.29, 0.717) is 11.5 Å². The minimum absolute atomic E-state index is 0.00791. The quantitative estimate of drug-likeness (QED) is 0.755. The number of amides is 1. The molecule has 5 heteroatoms. The van der Waals surface area contributed by atoms with E-state index in [2.05, 4.69) is 0 Å². The summed E-state index contributed by atoms with van der Waals surface area (Å²) in [6.45, 7) is 4.11. The van der Waals surface area contributed by atoms with E-state index in [1.54, 1.807) is 20.0 Å². The van der Waals surface area contributed by atoms with Crippen molar-refractivity contribution in [2.75, 3.05) is 20.2 Å². The zero-order valence-corrected chi connectivity index (χ0v) is 11.2. The van der Waals surface area contributed by atoms with Crippen LogP contribution in [0, 0.1) is 0 Å². The Morgan fingerprint density at radius 2 is 2.06 bits per heavy atom. The van der Waals surface area contributed by atoms with Gasteiger partial charge in [0.25, 0.3) is 5.91 Å². The van der Waals surface area contributed by atoms with Crippen LogP contribution in [-0.4, -0.2) is 37.0 Å².